The number of nitrogens with zero attached hydrogens (tertiary/aromatic N) is 4. The number of amides is 1. The number of rotatable bonds is 4. The van der Waals surface area contributed by atoms with Crippen LogP contribution in [0.25, 0.3) is 11.0 Å². The Morgan fingerprint density at radius 1 is 1.48 bits per heavy atom. The highest BCUT2D eigenvalue weighted by atomic mass is 16.6. The molecule has 0 saturated heterocycles. The van der Waals surface area contributed by atoms with Gasteiger partial charge in [0.2, 0.25) is 0 Å². The number of nitrogens with one attached hydrogen (secondary N) is 1. The van der Waals surface area contributed by atoms with Crippen LogP contribution in [0.15, 0.2) is 22.9 Å². The molecule has 3 rings (SSSR count). The van der Waals surface area contributed by atoms with Gasteiger partial charge in [-0.05, 0) is 6.07 Å². The molecule has 3 heterocycles. The molecule has 0 bridgehead atoms. The third-order valence-corrected chi connectivity index (χ3v) is 3.57. The van der Waals surface area contributed by atoms with E-state index < -0.39 is 6.09 Å². The van der Waals surface area contributed by atoms with Crippen molar-refractivity contribution in [3.8, 4) is 17.7 Å². The molecule has 9 heteroatoms. The summed E-state index contributed by atoms with van der Waals surface area (Å²) in [7, 11) is 3.09. The first kappa shape index (κ1) is 16.3. The van der Waals surface area contributed by atoms with Crippen molar-refractivity contribution in [2.24, 2.45) is 7.05 Å². The number of pyridine rings is 1. The van der Waals surface area contributed by atoms with Gasteiger partial charge in [-0.3, -0.25) is 10.00 Å². The molecule has 0 saturated carbocycles. The van der Waals surface area contributed by atoms with E-state index in [4.69, 9.17) is 19.2 Å². The molecular formula is C16H15N5O4. The van der Waals surface area contributed by atoms with Gasteiger partial charge in [0, 0.05) is 13.5 Å². The first-order chi connectivity index (χ1) is 12.1. The van der Waals surface area contributed by atoms with Crippen LogP contribution in [0.2, 0.25) is 0 Å². The predicted octanol–water partition coefficient (Wildman–Crippen LogP) is 2.61. The molecule has 0 unspecified atom stereocenters. The average Bonchev–Trinajstić information content (AvgIpc) is 3.19. The molecular weight excluding hydrogens is 326 g/mol. The number of aromatic nitrogens is 3. The van der Waals surface area contributed by atoms with Gasteiger partial charge in [-0.15, -0.1) is 0 Å². The monoisotopic (exact) mass is 341 g/mol. The number of hydrogen-bond donors (Lipinski definition) is 1. The van der Waals surface area contributed by atoms with Crippen molar-refractivity contribution in [2.75, 3.05) is 12.4 Å². The highest BCUT2D eigenvalue weighted by molar-refractivity contribution is 5.93. The van der Waals surface area contributed by atoms with Gasteiger partial charge < -0.3 is 13.9 Å². The van der Waals surface area contributed by atoms with Crippen LogP contribution < -0.4 is 14.8 Å². The summed E-state index contributed by atoms with van der Waals surface area (Å²) >= 11 is 0. The number of carbonyl (C=O) groups is 1. The van der Waals surface area contributed by atoms with Gasteiger partial charge in [-0.1, -0.05) is 6.92 Å². The Morgan fingerprint density at radius 2 is 2.28 bits per heavy atom. The molecule has 0 aliphatic rings. The van der Waals surface area contributed by atoms with Crippen molar-refractivity contribution >= 4 is 22.9 Å². The van der Waals surface area contributed by atoms with Crippen molar-refractivity contribution in [3.63, 3.8) is 0 Å². The SMILES string of the molecule is CCc1cc2c(OC(=O)Nc3c(C#N)cnn3C)cnc(OC)c2o1. The van der Waals surface area contributed by atoms with E-state index >= 15 is 0 Å². The lowest BCUT2D eigenvalue weighted by Gasteiger charge is -2.08. The summed E-state index contributed by atoms with van der Waals surface area (Å²) in [4.78, 5) is 16.3. The summed E-state index contributed by atoms with van der Waals surface area (Å²) in [5.74, 6) is 1.48. The molecule has 3 aromatic rings. The fraction of sp³-hybridized carbons (Fsp3) is 0.250. The van der Waals surface area contributed by atoms with Crippen LogP contribution in [0.4, 0.5) is 10.6 Å². The molecule has 0 spiro atoms. The third kappa shape index (κ3) is 2.97. The van der Waals surface area contributed by atoms with E-state index in [2.05, 4.69) is 15.4 Å². The van der Waals surface area contributed by atoms with Crippen LogP contribution >= 0.6 is 0 Å². The first-order valence-corrected chi connectivity index (χ1v) is 7.43. The van der Waals surface area contributed by atoms with Crippen LogP contribution in [0.1, 0.15) is 18.2 Å². The largest absolute Gasteiger partial charge is 0.478 e. The zero-order chi connectivity index (χ0) is 18.0. The maximum Gasteiger partial charge on any atom is 0.418 e. The summed E-state index contributed by atoms with van der Waals surface area (Å²) < 4.78 is 17.5. The minimum Gasteiger partial charge on any atom is -0.478 e. The molecule has 1 N–H and O–H groups in total. The summed E-state index contributed by atoms with van der Waals surface area (Å²) in [5, 5.41) is 16.0. The number of ether oxygens (including phenoxy) is 2. The second-order valence-electron chi connectivity index (χ2n) is 5.10. The molecule has 0 atom stereocenters. The molecule has 0 fully saturated rings. The molecule has 25 heavy (non-hydrogen) atoms. The van der Waals surface area contributed by atoms with E-state index in [1.807, 2.05) is 13.0 Å². The van der Waals surface area contributed by atoms with E-state index in [1.165, 1.54) is 24.2 Å². The number of carbonyl (C=O) groups excluding carboxylic acids is 1. The summed E-state index contributed by atoms with van der Waals surface area (Å²) in [6, 6.07) is 3.71. The van der Waals surface area contributed by atoms with Crippen LogP contribution in [0.3, 0.4) is 0 Å². The lowest BCUT2D eigenvalue weighted by molar-refractivity contribution is 0.215. The Hall–Kier alpha value is -3.54. The number of anilines is 1. The van der Waals surface area contributed by atoms with Crippen LogP contribution in [0.5, 0.6) is 11.6 Å². The first-order valence-electron chi connectivity index (χ1n) is 7.43. The molecule has 128 valence electrons. The number of nitriles is 1. The molecule has 0 radical (unpaired) electrons. The molecule has 3 aromatic heterocycles. The van der Waals surface area contributed by atoms with Crippen molar-refractivity contribution in [3.05, 3.63) is 29.8 Å². The predicted molar refractivity (Wildman–Crippen MR) is 87.5 cm³/mol. The lowest BCUT2D eigenvalue weighted by Crippen LogP contribution is -2.19. The fourth-order valence-corrected chi connectivity index (χ4v) is 2.32. The molecule has 0 aliphatic carbocycles. The number of aryl methyl sites for hydroxylation is 2. The Balaban J connectivity index is 1.90. The molecule has 9 nitrogen and oxygen atoms in total. The molecule has 0 aromatic carbocycles. The number of hydrogen-bond acceptors (Lipinski definition) is 7. The van der Waals surface area contributed by atoms with Crippen LogP contribution in [-0.4, -0.2) is 28.0 Å². The second-order valence-corrected chi connectivity index (χ2v) is 5.10. The van der Waals surface area contributed by atoms with Gasteiger partial charge in [0.05, 0.1) is 24.9 Å². The third-order valence-electron chi connectivity index (χ3n) is 3.57. The van der Waals surface area contributed by atoms with Gasteiger partial charge in [0.25, 0.3) is 5.88 Å². The van der Waals surface area contributed by atoms with Crippen molar-refractivity contribution in [2.45, 2.75) is 13.3 Å². The summed E-state index contributed by atoms with van der Waals surface area (Å²) in [5.41, 5.74) is 0.636. The van der Waals surface area contributed by atoms with Crippen LogP contribution in [0, 0.1) is 11.3 Å². The number of furan rings is 1. The highest BCUT2D eigenvalue weighted by Crippen LogP contribution is 2.34. The highest BCUT2D eigenvalue weighted by Gasteiger charge is 2.18. The summed E-state index contributed by atoms with van der Waals surface area (Å²) in [6.45, 7) is 1.94. The number of methoxy groups -OCH3 is 1. The maximum absolute atomic E-state index is 12.2. The topological polar surface area (TPSA) is 115 Å². The van der Waals surface area contributed by atoms with E-state index in [0.29, 0.717) is 29.0 Å². The second kappa shape index (κ2) is 6.52. The lowest BCUT2D eigenvalue weighted by atomic mass is 10.2. The zero-order valence-electron chi connectivity index (χ0n) is 13.9. The van der Waals surface area contributed by atoms with Gasteiger partial charge in [-0.2, -0.15) is 10.4 Å². The number of fused-ring (bicyclic) bond motifs is 1. The minimum atomic E-state index is -0.771. The van der Waals surface area contributed by atoms with E-state index in [1.54, 1.807) is 13.1 Å². The normalized spacial score (nSPS) is 10.5. The fourth-order valence-electron chi connectivity index (χ4n) is 2.32. The smallest absolute Gasteiger partial charge is 0.418 e. The van der Waals surface area contributed by atoms with Gasteiger partial charge in [0.15, 0.2) is 17.2 Å². The van der Waals surface area contributed by atoms with E-state index in [0.717, 1.165) is 0 Å². The standard InChI is InChI=1S/C16H15N5O4/c1-4-10-5-11-12(8-18-15(23-3)13(11)24-10)25-16(22)20-14-9(6-17)7-19-21(14)2/h5,7-8H,4H2,1-3H3,(H,20,22). The van der Waals surface area contributed by atoms with Crippen molar-refractivity contribution < 1.29 is 18.7 Å². The quantitative estimate of drug-likeness (QED) is 0.775. The molecule has 0 aliphatic heterocycles. The Bertz CT molecular complexity index is 982. The van der Waals surface area contributed by atoms with Gasteiger partial charge in [-0.25, -0.2) is 9.78 Å². The van der Waals surface area contributed by atoms with Crippen molar-refractivity contribution in [1.29, 1.82) is 5.26 Å². The molecule has 1 amide bonds. The van der Waals surface area contributed by atoms with Gasteiger partial charge >= 0.3 is 6.09 Å². The van der Waals surface area contributed by atoms with Gasteiger partial charge in [0.1, 0.15) is 17.4 Å². The van der Waals surface area contributed by atoms with E-state index in [-0.39, 0.29) is 17.1 Å². The Morgan fingerprint density at radius 3 is 2.96 bits per heavy atom. The van der Waals surface area contributed by atoms with E-state index in [9.17, 15) is 4.79 Å². The minimum absolute atomic E-state index is 0.220. The Labute approximate surface area is 142 Å². The zero-order valence-corrected chi connectivity index (χ0v) is 13.9. The average molecular weight is 341 g/mol. The Kier molecular flexibility index (Phi) is 4.26. The summed E-state index contributed by atoms with van der Waals surface area (Å²) in [6.07, 6.45) is 2.63. The van der Waals surface area contributed by atoms with Crippen molar-refractivity contribution in [1.82, 2.24) is 14.8 Å². The van der Waals surface area contributed by atoms with Crippen LogP contribution in [-0.2, 0) is 13.5 Å². The maximum atomic E-state index is 12.2.